The zero-order valence-electron chi connectivity index (χ0n) is 16.7. The monoisotopic (exact) mass is 427 g/mol. The minimum Gasteiger partial charge on any atom is -0.366 e. The summed E-state index contributed by atoms with van der Waals surface area (Å²) in [5.41, 5.74) is 10.9. The van der Waals surface area contributed by atoms with Crippen LogP contribution in [-0.4, -0.2) is 25.4 Å². The number of hydrogen-bond acceptors (Lipinski definition) is 4. The number of benzene rings is 2. The summed E-state index contributed by atoms with van der Waals surface area (Å²) in [6.07, 6.45) is 3.60. The highest BCUT2D eigenvalue weighted by Gasteiger charge is 2.15. The Bertz CT molecular complexity index is 1460. The minimum atomic E-state index is -0.558. The molecule has 0 aliphatic rings. The number of pyridine rings is 2. The van der Waals surface area contributed by atoms with Crippen LogP contribution in [0.3, 0.4) is 0 Å². The van der Waals surface area contributed by atoms with E-state index in [0.29, 0.717) is 5.02 Å². The molecule has 5 aromatic rings. The van der Waals surface area contributed by atoms with Crippen LogP contribution in [0.1, 0.15) is 28.9 Å². The number of carbonyl (C=O) groups excluding carboxylic acids is 1. The van der Waals surface area contributed by atoms with E-state index in [9.17, 15) is 4.79 Å². The number of primary amides is 1. The average molecular weight is 428 g/mol. The molecule has 3 aromatic heterocycles. The first-order chi connectivity index (χ1) is 15.0. The van der Waals surface area contributed by atoms with E-state index in [-0.39, 0.29) is 11.6 Å². The highest BCUT2D eigenvalue weighted by molar-refractivity contribution is 6.34. The first-order valence-electron chi connectivity index (χ1n) is 9.79. The molecule has 1 amide bonds. The van der Waals surface area contributed by atoms with Crippen molar-refractivity contribution in [2.45, 2.75) is 13.0 Å². The smallest absolute Gasteiger partial charge is 0.250 e. The van der Waals surface area contributed by atoms with Crippen LogP contribution in [0.5, 0.6) is 0 Å². The van der Waals surface area contributed by atoms with Crippen molar-refractivity contribution < 1.29 is 4.79 Å². The topological polar surface area (TPSA) is 86.7 Å². The van der Waals surface area contributed by atoms with Gasteiger partial charge in [0.25, 0.3) is 0 Å². The lowest BCUT2D eigenvalue weighted by atomic mass is 10.1. The lowest BCUT2D eigenvalue weighted by Gasteiger charge is -2.15. The lowest BCUT2D eigenvalue weighted by molar-refractivity contribution is 0.100. The van der Waals surface area contributed by atoms with E-state index in [0.717, 1.165) is 38.9 Å². The first kappa shape index (κ1) is 19.2. The molecule has 0 aliphatic carbocycles. The summed E-state index contributed by atoms with van der Waals surface area (Å²) < 4.78 is 2.05. The highest BCUT2D eigenvalue weighted by atomic mass is 35.5. The summed E-state index contributed by atoms with van der Waals surface area (Å²) in [6.45, 7) is 2.12. The maximum Gasteiger partial charge on any atom is 0.250 e. The second kappa shape index (κ2) is 7.49. The third-order valence-corrected chi connectivity index (χ3v) is 5.79. The maximum atomic E-state index is 11.5. The molecule has 0 radical (unpaired) electrons. The largest absolute Gasteiger partial charge is 0.366 e. The van der Waals surface area contributed by atoms with Crippen molar-refractivity contribution >= 4 is 39.6 Å². The minimum absolute atomic E-state index is 0.0261. The second-order valence-electron chi connectivity index (χ2n) is 7.38. The summed E-state index contributed by atoms with van der Waals surface area (Å²) in [5, 5.41) is 1.40. The van der Waals surface area contributed by atoms with Gasteiger partial charge in [0.2, 0.25) is 5.91 Å². The molecule has 2 N–H and O–H groups in total. The molecule has 0 fully saturated rings. The molecule has 1 unspecified atom stereocenters. The number of fused-ring (bicyclic) bond motifs is 2. The van der Waals surface area contributed by atoms with Gasteiger partial charge < -0.3 is 10.3 Å². The van der Waals surface area contributed by atoms with Gasteiger partial charge in [0.1, 0.15) is 5.52 Å². The number of nitrogens with zero attached hydrogens (tertiary/aromatic N) is 4. The molecule has 0 aliphatic heterocycles. The van der Waals surface area contributed by atoms with Gasteiger partial charge in [-0.15, -0.1) is 0 Å². The molecule has 152 valence electrons. The molecule has 0 spiro atoms. The van der Waals surface area contributed by atoms with Crippen molar-refractivity contribution in [1.29, 1.82) is 0 Å². The molecule has 0 saturated carbocycles. The van der Waals surface area contributed by atoms with Crippen molar-refractivity contribution in [3.63, 3.8) is 0 Å². The van der Waals surface area contributed by atoms with Crippen LogP contribution in [0.15, 0.2) is 73.2 Å². The van der Waals surface area contributed by atoms with E-state index >= 15 is 0 Å². The number of halogens is 1. The summed E-state index contributed by atoms with van der Waals surface area (Å²) in [4.78, 5) is 25.2. The lowest BCUT2D eigenvalue weighted by Crippen LogP contribution is -2.11. The van der Waals surface area contributed by atoms with Crippen molar-refractivity contribution in [1.82, 2.24) is 19.5 Å². The zero-order chi connectivity index (χ0) is 21.5. The van der Waals surface area contributed by atoms with Gasteiger partial charge in [-0.1, -0.05) is 29.8 Å². The predicted octanol–water partition coefficient (Wildman–Crippen LogP) is 5.01. The van der Waals surface area contributed by atoms with Gasteiger partial charge in [-0.05, 0) is 55.0 Å². The predicted molar refractivity (Wildman–Crippen MR) is 122 cm³/mol. The van der Waals surface area contributed by atoms with Crippen molar-refractivity contribution in [2.75, 3.05) is 0 Å². The van der Waals surface area contributed by atoms with Crippen LogP contribution < -0.4 is 5.73 Å². The van der Waals surface area contributed by atoms with Gasteiger partial charge in [0.05, 0.1) is 34.2 Å². The molecular formula is C24H18ClN5O. The Labute approximate surface area is 183 Å². The molecule has 7 heteroatoms. The van der Waals surface area contributed by atoms with E-state index in [1.54, 1.807) is 24.4 Å². The second-order valence-corrected chi connectivity index (χ2v) is 7.79. The van der Waals surface area contributed by atoms with E-state index in [1.165, 1.54) is 0 Å². The molecule has 1 atom stereocenters. The normalized spacial score (nSPS) is 12.3. The van der Waals surface area contributed by atoms with E-state index in [1.807, 2.05) is 30.6 Å². The Morgan fingerprint density at radius 1 is 1.03 bits per heavy atom. The van der Waals surface area contributed by atoms with E-state index < -0.39 is 5.91 Å². The third kappa shape index (κ3) is 3.41. The highest BCUT2D eigenvalue weighted by Crippen LogP contribution is 2.28. The quantitative estimate of drug-likeness (QED) is 0.436. The first-order valence-corrected chi connectivity index (χ1v) is 10.2. The molecule has 3 heterocycles. The Balaban J connectivity index is 1.57. The fourth-order valence-corrected chi connectivity index (χ4v) is 4.02. The maximum absolute atomic E-state index is 11.5. The van der Waals surface area contributed by atoms with Gasteiger partial charge in [-0.25, -0.2) is 9.97 Å². The van der Waals surface area contributed by atoms with Crippen LogP contribution in [0.4, 0.5) is 0 Å². The molecule has 31 heavy (non-hydrogen) atoms. The average Bonchev–Trinajstić information content (AvgIpc) is 3.21. The summed E-state index contributed by atoms with van der Waals surface area (Å²) >= 11 is 6.23. The van der Waals surface area contributed by atoms with Crippen LogP contribution >= 0.6 is 11.6 Å². The van der Waals surface area contributed by atoms with Gasteiger partial charge in [-0.2, -0.15) is 0 Å². The summed E-state index contributed by atoms with van der Waals surface area (Å²) in [5.74, 6) is -0.558. The van der Waals surface area contributed by atoms with E-state index in [2.05, 4.69) is 39.7 Å². The SMILES string of the molecule is CC(c1ccc2ncccc2c1)n1cnc2ccc(-c3ccc(C(N)=O)c(Cl)c3)nc21. The van der Waals surface area contributed by atoms with Crippen LogP contribution in [0.25, 0.3) is 33.3 Å². The van der Waals surface area contributed by atoms with Gasteiger partial charge in [0, 0.05) is 17.1 Å². The molecule has 0 bridgehead atoms. The van der Waals surface area contributed by atoms with Gasteiger partial charge in [0.15, 0.2) is 5.65 Å². The summed E-state index contributed by atoms with van der Waals surface area (Å²) in [7, 11) is 0. The van der Waals surface area contributed by atoms with Crippen molar-refractivity contribution in [3.8, 4) is 11.3 Å². The fourth-order valence-electron chi connectivity index (χ4n) is 3.74. The number of aromatic nitrogens is 4. The number of hydrogen-bond donors (Lipinski definition) is 1. The zero-order valence-corrected chi connectivity index (χ0v) is 17.4. The van der Waals surface area contributed by atoms with Crippen molar-refractivity contribution in [3.05, 3.63) is 89.3 Å². The van der Waals surface area contributed by atoms with Crippen LogP contribution in [-0.2, 0) is 0 Å². The Kier molecular flexibility index (Phi) is 4.64. The molecular weight excluding hydrogens is 410 g/mol. The molecule has 2 aromatic carbocycles. The number of rotatable bonds is 4. The number of imidazole rings is 1. The number of amides is 1. The molecule has 6 nitrogen and oxygen atoms in total. The summed E-state index contributed by atoms with van der Waals surface area (Å²) in [6, 6.07) is 19.2. The number of carbonyl (C=O) groups is 1. The standard InChI is InChI=1S/C24H18ClN5O/c1-14(15-5-7-20-16(11-15)3-2-10-27-20)30-13-28-22-9-8-21(29-24(22)30)17-4-6-18(23(26)31)19(25)12-17/h2-14H,1H3,(H2,26,31). The van der Waals surface area contributed by atoms with Gasteiger partial charge in [-0.3, -0.25) is 9.78 Å². The molecule has 5 rings (SSSR count). The van der Waals surface area contributed by atoms with E-state index in [4.69, 9.17) is 22.3 Å². The fraction of sp³-hybridized carbons (Fsp3) is 0.0833. The van der Waals surface area contributed by atoms with Gasteiger partial charge >= 0.3 is 0 Å². The Morgan fingerprint density at radius 3 is 2.68 bits per heavy atom. The molecule has 0 saturated heterocycles. The number of nitrogens with two attached hydrogens (primary N) is 1. The Hall–Kier alpha value is -3.77. The third-order valence-electron chi connectivity index (χ3n) is 5.48. The van der Waals surface area contributed by atoms with Crippen molar-refractivity contribution in [2.24, 2.45) is 5.73 Å². The van der Waals surface area contributed by atoms with Crippen LogP contribution in [0, 0.1) is 0 Å². The van der Waals surface area contributed by atoms with Crippen LogP contribution in [0.2, 0.25) is 5.02 Å². The Morgan fingerprint density at radius 2 is 1.87 bits per heavy atom.